The van der Waals surface area contributed by atoms with Gasteiger partial charge < -0.3 is 131 Å². The van der Waals surface area contributed by atoms with Crippen LogP contribution < -0.4 is 90.6 Å². The molecule has 0 aromatic carbocycles. The molecule has 0 saturated carbocycles. The van der Waals surface area contributed by atoms with Crippen LogP contribution in [0.4, 0.5) is 0 Å². The molecule has 0 bridgehead atoms. The number of hydrogen-bond donors (Lipinski definition) is 11. The van der Waals surface area contributed by atoms with E-state index in [4.69, 9.17) is 127 Å². The van der Waals surface area contributed by atoms with Crippen LogP contribution in [0.3, 0.4) is 0 Å². The molecule has 0 unspecified atom stereocenters. The smallest absolute Gasteiger partial charge is 0.662 e. The number of amidine groups is 2. The minimum absolute atomic E-state index is 0. The number of nitrogens with one attached hydrogen (secondary N) is 2. The molecule has 3 aromatic rings. The van der Waals surface area contributed by atoms with Gasteiger partial charge in [-0.05, 0) is 38.6 Å². The summed E-state index contributed by atoms with van der Waals surface area (Å²) in [6, 6.07) is -0.632. The van der Waals surface area contributed by atoms with Gasteiger partial charge in [-0.25, -0.2) is 50.5 Å². The summed E-state index contributed by atoms with van der Waals surface area (Å²) < 4.78 is 88.8. The maximum atomic E-state index is 11.2. The summed E-state index contributed by atoms with van der Waals surface area (Å²) in [5.41, 5.74) is 24.7. The first kappa shape index (κ1) is 128. The number of thiazole rings is 3. The molecular weight excluding hydrogens is 1870 g/mol. The van der Waals surface area contributed by atoms with E-state index in [2.05, 4.69) is 98.9 Å². The van der Waals surface area contributed by atoms with Crippen LogP contribution in [-0.2, 0) is 120 Å². The zero-order valence-corrected chi connectivity index (χ0v) is 78.7. The van der Waals surface area contributed by atoms with Crippen molar-refractivity contribution in [2.45, 2.75) is 90.6 Å². The van der Waals surface area contributed by atoms with Gasteiger partial charge in [-0.1, -0.05) is 42.2 Å². The predicted octanol–water partition coefficient (Wildman–Crippen LogP) is -2.90. The second-order valence-electron chi connectivity index (χ2n) is 20.5. The number of hydrogen-bond acceptors (Lipinski definition) is 38. The number of ether oxygens (including phenoxy) is 12. The van der Waals surface area contributed by atoms with Crippen molar-refractivity contribution in [3.05, 3.63) is 81.9 Å². The molecule has 0 atom stereocenters. The number of aromatic nitrogens is 3. The number of esters is 4. The molecule has 1 radical (unpaired) electrons. The first-order valence-corrected chi connectivity index (χ1v) is 37.8. The number of nitrogens with zero attached hydrogens (tertiary/aromatic N) is 17. The first-order valence-electron chi connectivity index (χ1n) is 32.3. The third kappa shape index (κ3) is 80.1. The summed E-state index contributed by atoms with van der Waals surface area (Å²) >= 11 is 26.5. The summed E-state index contributed by atoms with van der Waals surface area (Å²) in [7, 11) is 3.26. The Kier molecular flexibility index (Phi) is 86.3. The number of guanidine groups is 4. The molecule has 687 valence electrons. The average molecular weight is 1970 g/mol. The number of methoxy groups -OCH3 is 6. The molecule has 7 heterocycles. The van der Waals surface area contributed by atoms with Crippen LogP contribution in [0.25, 0.3) is 0 Å². The SMILES string of the molecule is C.C1OCOCO1.CO/C(N)=N\[N+](=O)O.COC(=N)N.COC(=O)CCCN.COC(=O)CCCN1COCN(Cc2cnc(Cl)s2)/C1=N/[N+](=O)[O-].COC(=O)CCCN1COCN/C1=N/[N+](=O)[O-].COC(=O)CCCN=C(N)N.ClCc1cnc(Cl)s1.O=C(O)CCCN1COCN(Cc2cnc(Cl)s2)/C1=N/[N+](=O)[O-].O=CO[O-].O=S(=O)(O)O.[K+].[K]. The molecule has 4 aliphatic rings. The zero-order valence-electron chi connectivity index (χ0n) is 66.2. The van der Waals surface area contributed by atoms with Gasteiger partial charge in [0.2, 0.25) is 0 Å². The molecule has 4 aliphatic heterocycles. The molecule has 3 aromatic heterocycles. The number of nitrogens with two attached hydrogens (primary N) is 5. The Labute approximate surface area is 813 Å². The summed E-state index contributed by atoms with van der Waals surface area (Å²) in [6.07, 6.45) is 8.72. The number of hydrazone groups is 4. The Hall–Kier alpha value is -7.09. The average Bonchev–Trinajstić information content (AvgIpc) is 1.34. The Morgan fingerprint density at radius 2 is 0.951 bits per heavy atom. The van der Waals surface area contributed by atoms with E-state index in [1.807, 2.05) is 0 Å². The summed E-state index contributed by atoms with van der Waals surface area (Å²) in [6.45, 7) is 4.67. The standard InChI is InChI=1S/C12H16ClN5O5S.C11H14ClN5O5S.C8H14N4O5.C6H13N3O2.C5H11NO2.C4H3Cl2NS.C3H6O3.C2H6N3O3.C2H6N2O.CH2O3.CH4.2K.H2O4S/c1-22-10(19)3-2-4-16-7-23-8-17(12(16)15-18(20)21)6-9-5-14-11(13)24-9;12-10-13-4-8(23-10)5-16-7-22-6-15(3-1-2-9(18)19)11(16)14-17(20)21;1-16-7(13)3-2-4-11-6-17-5-9-8(11)10-12(14)15;1-11-5(10)3-2-4-9-6(7)8;1-8-5(7)3-2-4-6;5-1-3-2-7-4(6)8-3;1-4-2-6-3-5-1;1-8-2(3)4-5(6)7;1-5-2(3)4;2-1-4-3;;;;1-5(2,3)4/h5H,2-4,6-8H2,1H3;4H,1-3,5-7H2,(H,18,19);2-6H2,1H3,(H,9,10);2-4H2,1H3,(H4,7,8,9);2-4,6H2,1H3;2H,1H2;1-3H2;1H3,(H2,3,4)(H,6,7);1H3,(H3,3,4);1,3H;1H4;;;(H2,1,2,3,4)/q;;;;;;;+1;;;;;+1;/p-1/b15-12+;14-11+;;;;;;;;;;;;. The van der Waals surface area contributed by atoms with E-state index < -0.39 is 36.5 Å². The van der Waals surface area contributed by atoms with Crippen molar-refractivity contribution < 1.29 is 195 Å². The number of halogens is 4. The van der Waals surface area contributed by atoms with Crippen molar-refractivity contribution in [2.24, 2.45) is 54.1 Å². The first-order chi connectivity index (χ1) is 56.2. The van der Waals surface area contributed by atoms with Gasteiger partial charge in [-0.2, -0.15) is 8.42 Å². The maximum Gasteiger partial charge on any atom is 1.00 e. The van der Waals surface area contributed by atoms with Gasteiger partial charge in [0.05, 0.1) is 61.6 Å². The third-order valence-electron chi connectivity index (χ3n) is 11.8. The molecule has 0 amide bonds. The monoisotopic (exact) mass is 1970 g/mol. The van der Waals surface area contributed by atoms with Crippen LogP contribution in [0.5, 0.6) is 0 Å². The molecule has 0 aliphatic carbocycles. The number of carboxylic acids is 1. The topological polar surface area (TPSA) is 793 Å². The van der Waals surface area contributed by atoms with E-state index in [0.717, 1.165) is 14.6 Å². The van der Waals surface area contributed by atoms with Crippen LogP contribution in [0, 0.1) is 40.7 Å². The molecule has 4 saturated heterocycles. The number of carbonyl (C=O) groups excluding carboxylic acids is 5. The molecule has 4 fully saturated rings. The Morgan fingerprint density at radius 1 is 0.607 bits per heavy atom. The van der Waals surface area contributed by atoms with Crippen molar-refractivity contribution in [2.75, 3.05) is 136 Å². The van der Waals surface area contributed by atoms with Crippen LogP contribution in [0.1, 0.15) is 86.3 Å². The largest absolute Gasteiger partial charge is 1.00 e. The van der Waals surface area contributed by atoms with E-state index in [-0.39, 0.29) is 236 Å². The van der Waals surface area contributed by atoms with E-state index >= 15 is 0 Å². The van der Waals surface area contributed by atoms with Crippen molar-refractivity contribution in [3.63, 3.8) is 0 Å². The number of nitro groups is 3. The molecule has 67 heteroatoms. The predicted molar refractivity (Wildman–Crippen MR) is 427 cm³/mol. The zero-order chi connectivity index (χ0) is 91.1. The van der Waals surface area contributed by atoms with E-state index in [1.54, 1.807) is 38.2 Å². The fourth-order valence-corrected chi connectivity index (χ4v) is 10.1. The molecule has 122 heavy (non-hydrogen) atoms. The second kappa shape index (κ2) is 82.2. The minimum atomic E-state index is -4.67. The second-order valence-corrected chi connectivity index (χ2v) is 26.7. The molecular formula is C55H96Cl4K2N24O33S4+. The fourth-order valence-electron chi connectivity index (χ4n) is 7.08. The number of aliphatic carboxylic acids is 1. The summed E-state index contributed by atoms with van der Waals surface area (Å²) in [5.74, 6) is -0.985. The van der Waals surface area contributed by atoms with Gasteiger partial charge in [-0.15, -0.1) is 45.6 Å². The van der Waals surface area contributed by atoms with Gasteiger partial charge in [0.15, 0.2) is 59.9 Å². The Bertz CT molecular complexity index is 3700. The van der Waals surface area contributed by atoms with Crippen molar-refractivity contribution in [1.29, 1.82) is 5.41 Å². The Balaban J connectivity index is -0.000000250. The quantitative estimate of drug-likeness (QED) is 0.00270. The maximum absolute atomic E-state index is 11.2. The van der Waals surface area contributed by atoms with Gasteiger partial charge in [0.25, 0.3) is 30.4 Å². The van der Waals surface area contributed by atoms with Crippen LogP contribution in [0.2, 0.25) is 13.4 Å². The van der Waals surface area contributed by atoms with Crippen molar-refractivity contribution >= 4 is 214 Å². The number of aliphatic imine (C=N–C) groups is 1. The van der Waals surface area contributed by atoms with Gasteiger partial charge in [0, 0.05) is 143 Å². The molecule has 0 spiro atoms. The number of carboxylic acid groups (broad SMARTS) is 1. The van der Waals surface area contributed by atoms with E-state index in [0.29, 0.717) is 130 Å². The van der Waals surface area contributed by atoms with Gasteiger partial charge >= 0.3 is 103 Å². The summed E-state index contributed by atoms with van der Waals surface area (Å²) in [4.78, 5) is 132. The van der Waals surface area contributed by atoms with Crippen LogP contribution in [-0.4, -0.2) is 347 Å². The fraction of sp³-hybridized carbons (Fsp3) is 0.618. The molecule has 57 nitrogen and oxygen atoms in total. The number of alkyl halides is 1. The van der Waals surface area contributed by atoms with Crippen LogP contribution >= 0.6 is 80.4 Å². The van der Waals surface area contributed by atoms with E-state index in [9.17, 15) is 59.2 Å². The summed E-state index contributed by atoms with van der Waals surface area (Å²) in [5, 5.41) is 75.6. The minimum Gasteiger partial charge on any atom is -0.662 e. The van der Waals surface area contributed by atoms with Crippen molar-refractivity contribution in [1.82, 2.24) is 44.8 Å². The third-order valence-corrected chi connectivity index (χ3v) is 15.6. The number of carbonyl (C=O) groups is 6. The van der Waals surface area contributed by atoms with Crippen LogP contribution in [0.15, 0.2) is 44.0 Å². The van der Waals surface area contributed by atoms with Gasteiger partial charge in [0.1, 0.15) is 60.6 Å². The molecule has 16 N–H and O–H groups in total. The van der Waals surface area contributed by atoms with Crippen molar-refractivity contribution in [3.8, 4) is 0 Å². The van der Waals surface area contributed by atoms with Gasteiger partial charge in [-0.3, -0.25) is 48.3 Å². The normalized spacial score (nSPS) is 13.7. The molecule has 7 rings (SSSR count). The van der Waals surface area contributed by atoms with E-state index in [1.165, 1.54) is 81.6 Å². The number of rotatable bonds is 29. The Morgan fingerprint density at radius 3 is 1.23 bits per heavy atom.